The van der Waals surface area contributed by atoms with E-state index in [2.05, 4.69) is 17.2 Å². The van der Waals surface area contributed by atoms with Crippen molar-refractivity contribution in [1.29, 1.82) is 0 Å². The highest BCUT2D eigenvalue weighted by atomic mass is 35.5. The first-order valence-corrected chi connectivity index (χ1v) is 7.78. The Morgan fingerprint density at radius 3 is 2.65 bits per heavy atom. The minimum absolute atomic E-state index is 0.0916. The summed E-state index contributed by atoms with van der Waals surface area (Å²) in [7, 11) is 0. The third-order valence-electron chi connectivity index (χ3n) is 3.59. The lowest BCUT2D eigenvalue weighted by molar-refractivity contribution is -0.117. The summed E-state index contributed by atoms with van der Waals surface area (Å²) in [5.74, 6) is 0.763. The van der Waals surface area contributed by atoms with Crippen molar-refractivity contribution < 1.29 is 4.79 Å². The van der Waals surface area contributed by atoms with Gasteiger partial charge >= 0.3 is 0 Å². The molecule has 3 rings (SSSR count). The lowest BCUT2D eigenvalue weighted by Crippen LogP contribution is -2.14. The molecule has 0 radical (unpaired) electrons. The number of carbonyl (C=O) groups is 1. The summed E-state index contributed by atoms with van der Waals surface area (Å²) in [6, 6.07) is 7.58. The number of amides is 1. The first-order chi connectivity index (χ1) is 9.54. The van der Waals surface area contributed by atoms with Crippen LogP contribution in [0.25, 0.3) is 11.3 Å². The van der Waals surface area contributed by atoms with Gasteiger partial charge in [-0.15, -0.1) is 11.3 Å². The van der Waals surface area contributed by atoms with E-state index in [1.165, 1.54) is 11.3 Å². The van der Waals surface area contributed by atoms with E-state index in [1.807, 2.05) is 31.2 Å². The predicted molar refractivity (Wildman–Crippen MR) is 83.2 cm³/mol. The van der Waals surface area contributed by atoms with Gasteiger partial charge in [0.05, 0.1) is 5.69 Å². The molecule has 0 spiro atoms. The van der Waals surface area contributed by atoms with E-state index in [9.17, 15) is 4.79 Å². The number of thiazole rings is 1. The number of carbonyl (C=O) groups excluding carboxylic acids is 1. The zero-order chi connectivity index (χ0) is 14.3. The fourth-order valence-electron chi connectivity index (χ4n) is 2.21. The van der Waals surface area contributed by atoms with E-state index in [-0.39, 0.29) is 11.8 Å². The van der Waals surface area contributed by atoms with Crippen LogP contribution in [0.2, 0.25) is 5.02 Å². The number of hydrogen-bond acceptors (Lipinski definition) is 3. The molecule has 1 N–H and O–H groups in total. The van der Waals surface area contributed by atoms with Crippen molar-refractivity contribution in [3.63, 3.8) is 0 Å². The summed E-state index contributed by atoms with van der Waals surface area (Å²) >= 11 is 7.41. The molecular weight excluding hydrogens is 292 g/mol. The van der Waals surface area contributed by atoms with Crippen molar-refractivity contribution in [1.82, 2.24) is 4.98 Å². The molecular formula is C15H15ClN2OS. The smallest absolute Gasteiger partial charge is 0.229 e. The Hall–Kier alpha value is -1.39. The average molecular weight is 307 g/mol. The third kappa shape index (κ3) is 2.72. The molecule has 1 aliphatic rings. The molecule has 104 valence electrons. The van der Waals surface area contributed by atoms with Crippen LogP contribution in [0.4, 0.5) is 5.13 Å². The summed E-state index contributed by atoms with van der Waals surface area (Å²) in [4.78, 5) is 17.5. The molecule has 5 heteroatoms. The molecule has 2 atom stereocenters. The van der Waals surface area contributed by atoms with Crippen molar-refractivity contribution in [3.8, 4) is 11.3 Å². The molecule has 1 amide bonds. The Labute approximate surface area is 127 Å². The van der Waals surface area contributed by atoms with Crippen LogP contribution in [0.5, 0.6) is 0 Å². The number of nitrogens with one attached hydrogen (secondary N) is 1. The highest BCUT2D eigenvalue weighted by Crippen LogP contribution is 2.39. The second-order valence-corrected chi connectivity index (χ2v) is 6.88. The number of nitrogens with zero attached hydrogens (tertiary/aromatic N) is 1. The lowest BCUT2D eigenvalue weighted by atomic mass is 10.1. The Balaban J connectivity index is 1.80. The molecule has 1 aromatic carbocycles. The minimum Gasteiger partial charge on any atom is -0.302 e. The van der Waals surface area contributed by atoms with Crippen LogP contribution in [-0.2, 0) is 4.79 Å². The van der Waals surface area contributed by atoms with Gasteiger partial charge in [-0.05, 0) is 31.4 Å². The van der Waals surface area contributed by atoms with E-state index in [0.717, 1.165) is 22.6 Å². The molecule has 0 bridgehead atoms. The number of aryl methyl sites for hydroxylation is 1. The number of benzene rings is 1. The second-order valence-electron chi connectivity index (χ2n) is 5.24. The normalized spacial score (nSPS) is 20.8. The maximum atomic E-state index is 11.9. The Morgan fingerprint density at radius 2 is 2.05 bits per heavy atom. The fourth-order valence-corrected chi connectivity index (χ4v) is 3.18. The monoisotopic (exact) mass is 306 g/mol. The highest BCUT2D eigenvalue weighted by Gasteiger charge is 2.39. The van der Waals surface area contributed by atoms with Gasteiger partial charge < -0.3 is 5.32 Å². The first-order valence-electron chi connectivity index (χ1n) is 6.59. The van der Waals surface area contributed by atoms with E-state index < -0.39 is 0 Å². The number of anilines is 1. The zero-order valence-corrected chi connectivity index (χ0v) is 12.9. The highest BCUT2D eigenvalue weighted by molar-refractivity contribution is 7.16. The molecule has 2 aromatic rings. The van der Waals surface area contributed by atoms with Crippen LogP contribution >= 0.6 is 22.9 Å². The van der Waals surface area contributed by atoms with Gasteiger partial charge in [0.1, 0.15) is 0 Å². The Kier molecular flexibility index (Phi) is 3.52. The van der Waals surface area contributed by atoms with Crippen LogP contribution < -0.4 is 5.32 Å². The van der Waals surface area contributed by atoms with Gasteiger partial charge in [0.2, 0.25) is 5.91 Å². The topological polar surface area (TPSA) is 42.0 Å². The van der Waals surface area contributed by atoms with E-state index in [0.29, 0.717) is 16.1 Å². The molecule has 0 unspecified atom stereocenters. The fraction of sp³-hybridized carbons (Fsp3) is 0.333. The van der Waals surface area contributed by atoms with Gasteiger partial charge in [0.15, 0.2) is 5.13 Å². The predicted octanol–water partition coefficient (Wildman–Crippen LogP) is 4.37. The van der Waals surface area contributed by atoms with Crippen LogP contribution in [0, 0.1) is 18.8 Å². The maximum Gasteiger partial charge on any atom is 0.229 e. The average Bonchev–Trinajstić information content (AvgIpc) is 3.03. The van der Waals surface area contributed by atoms with Gasteiger partial charge in [0.25, 0.3) is 0 Å². The Morgan fingerprint density at radius 1 is 1.40 bits per heavy atom. The molecule has 3 nitrogen and oxygen atoms in total. The quantitative estimate of drug-likeness (QED) is 0.915. The Bertz CT molecular complexity index is 650. The van der Waals surface area contributed by atoms with Gasteiger partial charge in [-0.3, -0.25) is 4.79 Å². The summed E-state index contributed by atoms with van der Waals surface area (Å²) in [6.45, 7) is 4.10. The van der Waals surface area contributed by atoms with Crippen molar-refractivity contribution in [2.75, 3.05) is 5.32 Å². The largest absolute Gasteiger partial charge is 0.302 e. The standard InChI is InChI=1S/C15H15ClN2OS/c1-8-7-12(8)14(19)18-15-17-13(9(2)20-15)10-3-5-11(16)6-4-10/h3-6,8,12H,7H2,1-2H3,(H,17,18,19)/t8-,12-/m1/s1. The van der Waals surface area contributed by atoms with Crippen molar-refractivity contribution in [3.05, 3.63) is 34.2 Å². The summed E-state index contributed by atoms with van der Waals surface area (Å²) in [5.41, 5.74) is 1.93. The van der Waals surface area contributed by atoms with Crippen molar-refractivity contribution in [2.24, 2.45) is 11.8 Å². The number of hydrogen-bond donors (Lipinski definition) is 1. The van der Waals surface area contributed by atoms with Gasteiger partial charge in [-0.2, -0.15) is 0 Å². The summed E-state index contributed by atoms with van der Waals surface area (Å²) in [6.07, 6.45) is 0.986. The molecule has 1 saturated carbocycles. The van der Waals surface area contributed by atoms with Crippen LogP contribution in [0.1, 0.15) is 18.2 Å². The molecule has 20 heavy (non-hydrogen) atoms. The van der Waals surface area contributed by atoms with E-state index >= 15 is 0 Å². The summed E-state index contributed by atoms with van der Waals surface area (Å²) in [5, 5.41) is 4.30. The van der Waals surface area contributed by atoms with Crippen LogP contribution in [-0.4, -0.2) is 10.9 Å². The van der Waals surface area contributed by atoms with Gasteiger partial charge in [0, 0.05) is 21.4 Å². The molecule has 0 saturated heterocycles. The molecule has 1 aromatic heterocycles. The van der Waals surface area contributed by atoms with Crippen molar-refractivity contribution >= 4 is 34.0 Å². The molecule has 1 heterocycles. The maximum absolute atomic E-state index is 11.9. The number of aromatic nitrogens is 1. The number of rotatable bonds is 3. The van der Waals surface area contributed by atoms with Gasteiger partial charge in [-0.1, -0.05) is 30.7 Å². The second kappa shape index (κ2) is 5.19. The first kappa shape index (κ1) is 13.6. The molecule has 1 fully saturated rings. The van der Waals surface area contributed by atoms with Crippen LogP contribution in [0.15, 0.2) is 24.3 Å². The van der Waals surface area contributed by atoms with Crippen LogP contribution in [0.3, 0.4) is 0 Å². The molecule has 1 aliphatic carbocycles. The van der Waals surface area contributed by atoms with E-state index in [4.69, 9.17) is 11.6 Å². The lowest BCUT2D eigenvalue weighted by Gasteiger charge is -1.99. The SMILES string of the molecule is Cc1sc(NC(=O)[C@@H]2C[C@H]2C)nc1-c1ccc(Cl)cc1. The zero-order valence-electron chi connectivity index (χ0n) is 11.3. The van der Waals surface area contributed by atoms with E-state index in [1.54, 1.807) is 0 Å². The molecule has 0 aliphatic heterocycles. The number of halogens is 1. The van der Waals surface area contributed by atoms with Gasteiger partial charge in [-0.25, -0.2) is 4.98 Å². The van der Waals surface area contributed by atoms with Crippen molar-refractivity contribution in [2.45, 2.75) is 20.3 Å². The minimum atomic E-state index is 0.0916. The summed E-state index contributed by atoms with van der Waals surface area (Å²) < 4.78 is 0. The third-order valence-corrected chi connectivity index (χ3v) is 4.73.